The van der Waals surface area contributed by atoms with Crippen molar-refractivity contribution in [3.63, 3.8) is 0 Å². The molecule has 1 N–H and O–H groups in total. The Bertz CT molecular complexity index is 1060. The zero-order valence-corrected chi connectivity index (χ0v) is 22.4. The summed E-state index contributed by atoms with van der Waals surface area (Å²) in [4.78, 5) is 39.2. The van der Waals surface area contributed by atoms with Gasteiger partial charge >= 0.3 is 17.9 Å². The third-order valence-corrected chi connectivity index (χ3v) is 6.77. The molecule has 7 nitrogen and oxygen atoms in total. The molecule has 0 bridgehead atoms. The third kappa shape index (κ3) is 7.06. The van der Waals surface area contributed by atoms with E-state index >= 15 is 0 Å². The van der Waals surface area contributed by atoms with E-state index in [1.807, 2.05) is 49.4 Å². The molecule has 0 aromatic heterocycles. The molecule has 0 radical (unpaired) electrons. The molecule has 0 saturated heterocycles. The van der Waals surface area contributed by atoms with Gasteiger partial charge in [0.2, 0.25) is 0 Å². The molecule has 0 saturated carbocycles. The number of benzene rings is 2. The Hall–Kier alpha value is -2.93. The van der Waals surface area contributed by atoms with Gasteiger partial charge in [-0.3, -0.25) is 14.4 Å². The molecule has 36 heavy (non-hydrogen) atoms. The number of hydrogen-bond acceptors (Lipinski definition) is 7. The largest absolute Gasteiger partial charge is 0.466 e. The Balaban J connectivity index is 2.29. The van der Waals surface area contributed by atoms with Crippen LogP contribution in [-0.2, 0) is 35.2 Å². The zero-order valence-electron chi connectivity index (χ0n) is 22.4. The van der Waals surface area contributed by atoms with E-state index in [4.69, 9.17) is 19.3 Å². The van der Waals surface area contributed by atoms with E-state index < -0.39 is 34.2 Å². The number of carbonyl (C=O) groups excluding carboxylic acids is 3. The van der Waals surface area contributed by atoms with Crippen LogP contribution in [0.2, 0.25) is 0 Å². The van der Waals surface area contributed by atoms with Gasteiger partial charge in [-0.05, 0) is 70.2 Å². The van der Waals surface area contributed by atoms with Crippen LogP contribution in [0.4, 0.5) is 0 Å². The van der Waals surface area contributed by atoms with Gasteiger partial charge in [-0.2, -0.15) is 0 Å². The zero-order chi connectivity index (χ0) is 27.0. The van der Waals surface area contributed by atoms with E-state index in [-0.39, 0.29) is 39.3 Å². The molecule has 0 aliphatic carbocycles. The van der Waals surface area contributed by atoms with Gasteiger partial charge in [0.05, 0.1) is 29.5 Å². The minimum atomic E-state index is -1.20. The number of carbonyl (C=O) groups is 3. The maximum atomic E-state index is 13.4. The highest BCUT2D eigenvalue weighted by Crippen LogP contribution is 2.46. The number of esters is 3. The normalized spacial score (nSPS) is 15.0. The van der Waals surface area contributed by atoms with Crippen LogP contribution >= 0.6 is 0 Å². The average molecular weight is 501 g/mol. The first-order chi connectivity index (χ1) is 16.9. The Kier molecular flexibility index (Phi) is 10.1. The van der Waals surface area contributed by atoms with Crippen molar-refractivity contribution in [1.82, 2.24) is 0 Å². The van der Waals surface area contributed by atoms with Crippen LogP contribution in [0.25, 0.3) is 10.8 Å². The molecule has 2 rings (SSSR count). The standard InChI is InChI=1S/C29H40O7/c1-7-28(5,25(32)36-18-22-14-11-13-21-12-9-10-15-23(21)22)20-29(6,26(33)35-17-16-30)19-27(3,4)24(31)34-8-2/h9-15,30H,7-8,16-20H2,1-6H3. The summed E-state index contributed by atoms with van der Waals surface area (Å²) in [6, 6.07) is 13.8. The van der Waals surface area contributed by atoms with E-state index in [0.717, 1.165) is 16.3 Å². The van der Waals surface area contributed by atoms with Gasteiger partial charge in [-0.25, -0.2) is 0 Å². The van der Waals surface area contributed by atoms with Crippen LogP contribution in [0.3, 0.4) is 0 Å². The van der Waals surface area contributed by atoms with Crippen molar-refractivity contribution in [3.05, 3.63) is 48.0 Å². The lowest BCUT2D eigenvalue weighted by molar-refractivity contribution is -0.169. The van der Waals surface area contributed by atoms with Crippen molar-refractivity contribution in [3.8, 4) is 0 Å². The average Bonchev–Trinajstić information content (AvgIpc) is 2.85. The first kappa shape index (κ1) is 29.3. The van der Waals surface area contributed by atoms with E-state index in [1.54, 1.807) is 34.6 Å². The van der Waals surface area contributed by atoms with Crippen LogP contribution in [-0.4, -0.2) is 42.8 Å². The third-order valence-electron chi connectivity index (χ3n) is 6.77. The molecule has 0 heterocycles. The second kappa shape index (κ2) is 12.3. The summed E-state index contributed by atoms with van der Waals surface area (Å²) in [6.07, 6.45) is 0.636. The lowest BCUT2D eigenvalue weighted by Gasteiger charge is -2.39. The van der Waals surface area contributed by atoms with E-state index in [1.165, 1.54) is 0 Å². The number of rotatable bonds is 13. The summed E-state index contributed by atoms with van der Waals surface area (Å²) in [7, 11) is 0. The fourth-order valence-corrected chi connectivity index (χ4v) is 4.83. The van der Waals surface area contributed by atoms with Gasteiger partial charge in [0, 0.05) is 0 Å². The van der Waals surface area contributed by atoms with Gasteiger partial charge in [-0.1, -0.05) is 49.4 Å². The van der Waals surface area contributed by atoms with E-state index in [2.05, 4.69) is 0 Å². The van der Waals surface area contributed by atoms with Crippen molar-refractivity contribution < 1.29 is 33.7 Å². The first-order valence-electron chi connectivity index (χ1n) is 12.5. The lowest BCUT2D eigenvalue weighted by Crippen LogP contribution is -2.44. The van der Waals surface area contributed by atoms with Crippen molar-refractivity contribution in [1.29, 1.82) is 0 Å². The first-order valence-corrected chi connectivity index (χ1v) is 12.5. The highest BCUT2D eigenvalue weighted by Gasteiger charge is 2.49. The summed E-state index contributed by atoms with van der Waals surface area (Å²) in [6.45, 7) is 10.3. The second-order valence-electron chi connectivity index (χ2n) is 10.5. The molecule has 0 aliphatic heterocycles. The molecule has 0 amide bonds. The molecular weight excluding hydrogens is 460 g/mol. The van der Waals surface area contributed by atoms with Gasteiger partial charge in [0.15, 0.2) is 0 Å². The van der Waals surface area contributed by atoms with Gasteiger partial charge in [-0.15, -0.1) is 0 Å². The fourth-order valence-electron chi connectivity index (χ4n) is 4.83. The Morgan fingerprint density at radius 1 is 0.778 bits per heavy atom. The molecular formula is C29H40O7. The molecule has 2 unspecified atom stereocenters. The SMILES string of the molecule is CCOC(=O)C(C)(C)CC(C)(CC(C)(CC)C(=O)OCc1cccc2ccccc12)C(=O)OCCO. The molecule has 7 heteroatoms. The molecule has 198 valence electrons. The number of ether oxygens (including phenoxy) is 3. The molecule has 0 fully saturated rings. The predicted molar refractivity (Wildman–Crippen MR) is 138 cm³/mol. The Morgan fingerprint density at radius 3 is 2.06 bits per heavy atom. The molecule has 0 spiro atoms. The number of aliphatic hydroxyl groups excluding tert-OH is 1. The van der Waals surface area contributed by atoms with Gasteiger partial charge < -0.3 is 19.3 Å². The summed E-state index contributed by atoms with van der Waals surface area (Å²) >= 11 is 0. The van der Waals surface area contributed by atoms with Crippen LogP contribution in [0.1, 0.15) is 66.4 Å². The monoisotopic (exact) mass is 500 g/mol. The van der Waals surface area contributed by atoms with Crippen molar-refractivity contribution in [2.75, 3.05) is 19.8 Å². The van der Waals surface area contributed by atoms with Crippen LogP contribution in [0.15, 0.2) is 42.5 Å². The summed E-state index contributed by atoms with van der Waals surface area (Å²) in [5.74, 6) is -1.42. The van der Waals surface area contributed by atoms with Crippen molar-refractivity contribution in [2.24, 2.45) is 16.2 Å². The van der Waals surface area contributed by atoms with Gasteiger partial charge in [0.1, 0.15) is 13.2 Å². The summed E-state index contributed by atoms with van der Waals surface area (Å²) < 4.78 is 16.3. The Labute approximate surface area is 214 Å². The van der Waals surface area contributed by atoms with Crippen LogP contribution in [0, 0.1) is 16.2 Å². The Morgan fingerprint density at radius 2 is 1.42 bits per heavy atom. The second-order valence-corrected chi connectivity index (χ2v) is 10.5. The van der Waals surface area contributed by atoms with E-state index in [0.29, 0.717) is 6.42 Å². The number of aliphatic hydroxyl groups is 1. The summed E-state index contributed by atoms with van der Waals surface area (Å²) in [5.41, 5.74) is -2.31. The minimum Gasteiger partial charge on any atom is -0.466 e. The molecule has 0 aliphatic rings. The molecule has 2 aromatic rings. The number of hydrogen-bond donors (Lipinski definition) is 1. The smallest absolute Gasteiger partial charge is 0.312 e. The van der Waals surface area contributed by atoms with Crippen molar-refractivity contribution >= 4 is 28.7 Å². The maximum Gasteiger partial charge on any atom is 0.312 e. The predicted octanol–water partition coefficient (Wildman–Crippen LogP) is 5.21. The molecule has 2 aromatic carbocycles. The summed E-state index contributed by atoms with van der Waals surface area (Å²) in [5, 5.41) is 11.2. The fraction of sp³-hybridized carbons (Fsp3) is 0.552. The van der Waals surface area contributed by atoms with Crippen molar-refractivity contribution in [2.45, 2.75) is 67.4 Å². The van der Waals surface area contributed by atoms with Crippen LogP contribution in [0.5, 0.6) is 0 Å². The highest BCUT2D eigenvalue weighted by molar-refractivity contribution is 5.86. The highest BCUT2D eigenvalue weighted by atomic mass is 16.5. The lowest BCUT2D eigenvalue weighted by atomic mass is 9.65. The number of fused-ring (bicyclic) bond motifs is 1. The molecule has 2 atom stereocenters. The van der Waals surface area contributed by atoms with E-state index in [9.17, 15) is 14.4 Å². The quantitative estimate of drug-likeness (QED) is 0.298. The maximum absolute atomic E-state index is 13.4. The van der Waals surface area contributed by atoms with Crippen LogP contribution < -0.4 is 0 Å². The topological polar surface area (TPSA) is 99.1 Å². The van der Waals surface area contributed by atoms with Gasteiger partial charge in [0.25, 0.3) is 0 Å². The minimum absolute atomic E-state index is 0.106.